The smallest absolute Gasteiger partial charge is 0.273 e. The van der Waals surface area contributed by atoms with Crippen molar-refractivity contribution in [3.8, 4) is 0 Å². The number of nitro groups is 1. The summed E-state index contributed by atoms with van der Waals surface area (Å²) in [5.74, 6) is -0.464. The number of carbonyl (C=O) groups excluding carboxylic acids is 1. The summed E-state index contributed by atoms with van der Waals surface area (Å²) < 4.78 is 25.2. The molecule has 0 unspecified atom stereocenters. The third-order valence-electron chi connectivity index (χ3n) is 4.48. The normalized spacial score (nSPS) is 13.8. The monoisotopic (exact) mass is 389 g/mol. The summed E-state index contributed by atoms with van der Waals surface area (Å²) in [7, 11) is -3.35. The molecule has 0 aliphatic carbocycles. The van der Waals surface area contributed by atoms with Gasteiger partial charge >= 0.3 is 0 Å². The Morgan fingerprint density at radius 1 is 1.22 bits per heavy atom. The van der Waals surface area contributed by atoms with Crippen molar-refractivity contribution in [3.05, 3.63) is 63.2 Å². The van der Waals surface area contributed by atoms with E-state index in [4.69, 9.17) is 0 Å². The van der Waals surface area contributed by atoms with E-state index in [1.54, 1.807) is 25.1 Å². The maximum absolute atomic E-state index is 12.5. The average Bonchev–Trinajstić information content (AvgIpc) is 2.60. The summed E-state index contributed by atoms with van der Waals surface area (Å²) in [6, 6.07) is 9.35. The summed E-state index contributed by atoms with van der Waals surface area (Å²) in [5.41, 5.74) is 2.51. The summed E-state index contributed by atoms with van der Waals surface area (Å²) in [6.45, 7) is 2.04. The predicted molar refractivity (Wildman–Crippen MR) is 103 cm³/mol. The van der Waals surface area contributed by atoms with Crippen molar-refractivity contribution < 1.29 is 18.1 Å². The number of nitrogens with one attached hydrogen (secondary N) is 1. The van der Waals surface area contributed by atoms with Crippen LogP contribution < -0.4 is 9.62 Å². The predicted octanol–water partition coefficient (Wildman–Crippen LogP) is 2.87. The molecule has 2 aromatic carbocycles. The number of anilines is 2. The van der Waals surface area contributed by atoms with Gasteiger partial charge < -0.3 is 5.32 Å². The summed E-state index contributed by atoms with van der Waals surface area (Å²) in [5, 5.41) is 13.8. The second kappa shape index (κ2) is 6.99. The highest BCUT2D eigenvalue weighted by Crippen LogP contribution is 2.31. The topological polar surface area (TPSA) is 110 Å². The maximum atomic E-state index is 12.5. The van der Waals surface area contributed by atoms with Crippen LogP contribution >= 0.6 is 0 Å². The molecule has 0 aromatic heterocycles. The Labute approximate surface area is 157 Å². The van der Waals surface area contributed by atoms with Crippen molar-refractivity contribution in [2.45, 2.75) is 19.8 Å². The first-order valence-electron chi connectivity index (χ1n) is 8.34. The molecule has 1 N–H and O–H groups in total. The van der Waals surface area contributed by atoms with Gasteiger partial charge in [-0.25, -0.2) is 8.42 Å². The van der Waals surface area contributed by atoms with Crippen LogP contribution in [-0.2, 0) is 16.4 Å². The van der Waals surface area contributed by atoms with Crippen molar-refractivity contribution in [1.82, 2.24) is 0 Å². The van der Waals surface area contributed by atoms with E-state index < -0.39 is 20.9 Å². The van der Waals surface area contributed by atoms with Crippen molar-refractivity contribution >= 4 is 33.0 Å². The lowest BCUT2D eigenvalue weighted by Crippen LogP contribution is -2.34. The Hall–Kier alpha value is -2.94. The number of hydrogen-bond acceptors (Lipinski definition) is 5. The minimum Gasteiger partial charge on any atom is -0.322 e. The van der Waals surface area contributed by atoms with Crippen LogP contribution in [0.5, 0.6) is 0 Å². The van der Waals surface area contributed by atoms with E-state index in [2.05, 4.69) is 5.32 Å². The SMILES string of the molecule is Cc1ccc(C(=O)Nc2ccc3c(c2)CCCN3S(C)(=O)=O)cc1[N+](=O)[O-]. The van der Waals surface area contributed by atoms with Gasteiger partial charge in [-0.05, 0) is 49.6 Å². The third-order valence-corrected chi connectivity index (χ3v) is 5.66. The highest BCUT2D eigenvalue weighted by molar-refractivity contribution is 7.92. The van der Waals surface area contributed by atoms with Crippen molar-refractivity contribution in [1.29, 1.82) is 0 Å². The lowest BCUT2D eigenvalue weighted by atomic mass is 10.0. The molecule has 142 valence electrons. The zero-order chi connectivity index (χ0) is 19.8. The van der Waals surface area contributed by atoms with E-state index in [1.165, 1.54) is 28.8 Å². The molecule has 1 amide bonds. The summed E-state index contributed by atoms with van der Waals surface area (Å²) in [6.07, 6.45) is 2.57. The zero-order valence-electron chi connectivity index (χ0n) is 14.9. The van der Waals surface area contributed by atoms with Gasteiger partial charge in [0.05, 0.1) is 16.9 Å². The molecule has 0 saturated heterocycles. The molecular formula is C18H19N3O5S. The zero-order valence-corrected chi connectivity index (χ0v) is 15.7. The van der Waals surface area contributed by atoms with Gasteiger partial charge in [0.25, 0.3) is 11.6 Å². The van der Waals surface area contributed by atoms with Crippen molar-refractivity contribution in [2.24, 2.45) is 0 Å². The Morgan fingerprint density at radius 2 is 1.96 bits per heavy atom. The molecule has 0 saturated carbocycles. The van der Waals surface area contributed by atoms with Crippen LogP contribution in [0.15, 0.2) is 36.4 Å². The fraction of sp³-hybridized carbons (Fsp3) is 0.278. The van der Waals surface area contributed by atoms with Crippen LogP contribution in [-0.4, -0.2) is 32.0 Å². The summed E-state index contributed by atoms with van der Waals surface area (Å²) >= 11 is 0. The minimum atomic E-state index is -3.35. The lowest BCUT2D eigenvalue weighted by molar-refractivity contribution is -0.385. The van der Waals surface area contributed by atoms with E-state index >= 15 is 0 Å². The number of amides is 1. The number of sulfonamides is 1. The molecule has 3 rings (SSSR count). The largest absolute Gasteiger partial charge is 0.322 e. The number of fused-ring (bicyclic) bond motifs is 1. The van der Waals surface area contributed by atoms with Gasteiger partial charge in [-0.15, -0.1) is 0 Å². The molecule has 0 atom stereocenters. The Balaban J connectivity index is 1.86. The van der Waals surface area contributed by atoms with Crippen LogP contribution in [0.2, 0.25) is 0 Å². The number of carbonyl (C=O) groups is 1. The lowest BCUT2D eigenvalue weighted by Gasteiger charge is -2.29. The standard InChI is InChI=1S/C18H19N3O5S/c1-12-5-6-14(11-17(12)21(23)24)18(22)19-15-7-8-16-13(10-15)4-3-9-20(16)27(2,25)26/h5-8,10-11H,3-4,9H2,1-2H3,(H,19,22). The molecule has 2 aromatic rings. The first-order valence-corrected chi connectivity index (χ1v) is 10.2. The van der Waals surface area contributed by atoms with Crippen LogP contribution in [0.3, 0.4) is 0 Å². The van der Waals surface area contributed by atoms with Gasteiger partial charge in [0.2, 0.25) is 10.0 Å². The second-order valence-corrected chi connectivity index (χ2v) is 8.40. The first kappa shape index (κ1) is 18.8. The number of rotatable bonds is 4. The van der Waals surface area contributed by atoms with Gasteiger partial charge in [-0.2, -0.15) is 0 Å². The number of benzene rings is 2. The van der Waals surface area contributed by atoms with Gasteiger partial charge in [-0.1, -0.05) is 6.07 Å². The third kappa shape index (κ3) is 3.92. The van der Waals surface area contributed by atoms with E-state index in [9.17, 15) is 23.3 Å². The van der Waals surface area contributed by atoms with Gasteiger partial charge in [0.1, 0.15) is 0 Å². The average molecular weight is 389 g/mol. The van der Waals surface area contributed by atoms with E-state index in [0.29, 0.717) is 36.3 Å². The van der Waals surface area contributed by atoms with Crippen LogP contribution in [0.1, 0.15) is 27.9 Å². The molecule has 0 spiro atoms. The molecule has 27 heavy (non-hydrogen) atoms. The molecule has 0 radical (unpaired) electrons. The molecule has 1 aliphatic rings. The fourth-order valence-electron chi connectivity index (χ4n) is 3.14. The van der Waals surface area contributed by atoms with Gasteiger partial charge in [0, 0.05) is 29.4 Å². The molecule has 9 heteroatoms. The van der Waals surface area contributed by atoms with Crippen LogP contribution in [0, 0.1) is 17.0 Å². The number of nitro benzene ring substituents is 1. The van der Waals surface area contributed by atoms with Crippen molar-refractivity contribution in [2.75, 3.05) is 22.4 Å². The van der Waals surface area contributed by atoms with E-state index in [1.807, 2.05) is 0 Å². The Morgan fingerprint density at radius 3 is 2.63 bits per heavy atom. The Bertz CT molecular complexity index is 1030. The molecule has 1 aliphatic heterocycles. The van der Waals surface area contributed by atoms with Gasteiger partial charge in [-0.3, -0.25) is 19.2 Å². The number of hydrogen-bond donors (Lipinski definition) is 1. The maximum Gasteiger partial charge on any atom is 0.273 e. The molecule has 0 bridgehead atoms. The second-order valence-electron chi connectivity index (χ2n) is 6.49. The highest BCUT2D eigenvalue weighted by Gasteiger charge is 2.24. The van der Waals surface area contributed by atoms with E-state index in [0.717, 1.165) is 5.56 Å². The van der Waals surface area contributed by atoms with Crippen molar-refractivity contribution in [3.63, 3.8) is 0 Å². The molecule has 8 nitrogen and oxygen atoms in total. The number of nitrogens with zero attached hydrogens (tertiary/aromatic N) is 2. The molecule has 1 heterocycles. The summed E-state index contributed by atoms with van der Waals surface area (Å²) in [4.78, 5) is 23.0. The highest BCUT2D eigenvalue weighted by atomic mass is 32.2. The fourth-order valence-corrected chi connectivity index (χ4v) is 4.13. The molecular weight excluding hydrogens is 370 g/mol. The van der Waals surface area contributed by atoms with Crippen LogP contribution in [0.25, 0.3) is 0 Å². The molecule has 0 fully saturated rings. The number of aryl methyl sites for hydroxylation is 2. The van der Waals surface area contributed by atoms with E-state index in [-0.39, 0.29) is 11.3 Å². The minimum absolute atomic E-state index is 0.114. The van der Waals surface area contributed by atoms with Crippen LogP contribution in [0.4, 0.5) is 17.1 Å². The quantitative estimate of drug-likeness (QED) is 0.639. The van der Waals surface area contributed by atoms with Gasteiger partial charge in [0.15, 0.2) is 0 Å². The first-order chi connectivity index (χ1) is 12.7. The Kier molecular flexibility index (Phi) is 4.88.